The Morgan fingerprint density at radius 1 is 1.14 bits per heavy atom. The number of para-hydroxylation sites is 2. The second-order valence-corrected chi connectivity index (χ2v) is 6.70. The minimum Gasteiger partial charge on any atom is -0.492 e. The largest absolute Gasteiger partial charge is 0.492 e. The highest BCUT2D eigenvalue weighted by molar-refractivity contribution is 5.88. The van der Waals surface area contributed by atoms with Crippen LogP contribution in [0.25, 0.3) is 0 Å². The number of aromatic nitrogens is 2. The van der Waals surface area contributed by atoms with Crippen LogP contribution in [-0.4, -0.2) is 72.2 Å². The molecule has 1 N–H and O–H groups in total. The van der Waals surface area contributed by atoms with Crippen LogP contribution >= 0.6 is 0 Å². The Morgan fingerprint density at radius 3 is 2.54 bits per heavy atom. The van der Waals surface area contributed by atoms with Crippen LogP contribution in [0, 0.1) is 6.92 Å². The highest BCUT2D eigenvalue weighted by Gasteiger charge is 2.22. The second kappa shape index (κ2) is 9.36. The van der Waals surface area contributed by atoms with E-state index in [0.29, 0.717) is 31.1 Å². The highest BCUT2D eigenvalue weighted by Crippen LogP contribution is 2.28. The zero-order chi connectivity index (χ0) is 19.9. The van der Waals surface area contributed by atoms with Gasteiger partial charge in [0.2, 0.25) is 0 Å². The number of benzene rings is 1. The molecule has 0 atom stereocenters. The lowest BCUT2D eigenvalue weighted by atomic mass is 10.2. The highest BCUT2D eigenvalue weighted by atomic mass is 16.5. The molecule has 1 aliphatic rings. The lowest BCUT2D eigenvalue weighted by Gasteiger charge is -2.36. The van der Waals surface area contributed by atoms with Crippen LogP contribution in [0.2, 0.25) is 0 Å². The molecule has 3 rings (SSSR count). The summed E-state index contributed by atoms with van der Waals surface area (Å²) in [6.07, 6.45) is -0.972. The maximum absolute atomic E-state index is 11.8. The van der Waals surface area contributed by atoms with E-state index in [1.165, 1.54) is 4.90 Å². The van der Waals surface area contributed by atoms with Crippen LogP contribution in [0.15, 0.2) is 36.4 Å². The van der Waals surface area contributed by atoms with E-state index >= 15 is 0 Å². The van der Waals surface area contributed by atoms with Crippen molar-refractivity contribution in [1.29, 1.82) is 0 Å². The maximum Gasteiger partial charge on any atom is 0.411 e. The van der Waals surface area contributed by atoms with Gasteiger partial charge in [-0.15, -0.1) is 5.10 Å². The first-order valence-electron chi connectivity index (χ1n) is 9.58. The van der Waals surface area contributed by atoms with Gasteiger partial charge in [0.1, 0.15) is 5.75 Å². The number of anilines is 2. The number of piperazine rings is 1. The first-order chi connectivity index (χ1) is 13.6. The van der Waals surface area contributed by atoms with Crippen molar-refractivity contribution in [3.05, 3.63) is 42.1 Å². The Balaban J connectivity index is 1.57. The fourth-order valence-corrected chi connectivity index (χ4v) is 3.28. The number of carboxylic acid groups (broad SMARTS) is 1. The molecule has 28 heavy (non-hydrogen) atoms. The molecule has 1 aliphatic heterocycles. The van der Waals surface area contributed by atoms with Crippen molar-refractivity contribution in [3.8, 4) is 5.75 Å². The third-order valence-electron chi connectivity index (χ3n) is 4.81. The van der Waals surface area contributed by atoms with Crippen molar-refractivity contribution in [1.82, 2.24) is 15.1 Å². The van der Waals surface area contributed by atoms with Gasteiger partial charge >= 0.3 is 6.09 Å². The zero-order valence-corrected chi connectivity index (χ0v) is 16.4. The molecular weight excluding hydrogens is 358 g/mol. The van der Waals surface area contributed by atoms with Gasteiger partial charge in [-0.2, -0.15) is 5.10 Å². The summed E-state index contributed by atoms with van der Waals surface area (Å²) in [5, 5.41) is 18.1. The SMILES string of the molecule is CCOc1ccccc1N(CCN1CCN(c2ccc(C)nn2)CC1)C(=O)O. The molecule has 2 aromatic rings. The molecule has 150 valence electrons. The standard InChI is InChI=1S/C20H27N5O3/c1-3-28-18-7-5-4-6-17(18)25(20(26)27)15-12-23-10-13-24(14-11-23)19-9-8-16(2)21-22-19/h4-9H,3,10-15H2,1-2H3,(H,26,27). The summed E-state index contributed by atoms with van der Waals surface area (Å²) >= 11 is 0. The van der Waals surface area contributed by atoms with Crippen LogP contribution in [0.3, 0.4) is 0 Å². The quantitative estimate of drug-likeness (QED) is 0.784. The van der Waals surface area contributed by atoms with Gasteiger partial charge in [0.15, 0.2) is 5.82 Å². The molecule has 0 radical (unpaired) electrons. The predicted molar refractivity (Wildman–Crippen MR) is 108 cm³/mol. The molecule has 0 aliphatic carbocycles. The van der Waals surface area contributed by atoms with Crippen molar-refractivity contribution in [2.75, 3.05) is 55.7 Å². The van der Waals surface area contributed by atoms with Gasteiger partial charge in [-0.25, -0.2) is 4.79 Å². The molecule has 0 saturated carbocycles. The Kier molecular flexibility index (Phi) is 6.65. The van der Waals surface area contributed by atoms with Crippen molar-refractivity contribution in [3.63, 3.8) is 0 Å². The number of nitrogens with zero attached hydrogens (tertiary/aromatic N) is 5. The van der Waals surface area contributed by atoms with Gasteiger partial charge in [-0.05, 0) is 38.1 Å². The van der Waals surface area contributed by atoms with Crippen LogP contribution < -0.4 is 14.5 Å². The van der Waals surface area contributed by atoms with Gasteiger partial charge in [0.05, 0.1) is 18.0 Å². The summed E-state index contributed by atoms with van der Waals surface area (Å²) in [6, 6.07) is 11.2. The monoisotopic (exact) mass is 385 g/mol. The van der Waals surface area contributed by atoms with Crippen LogP contribution in [-0.2, 0) is 0 Å². The summed E-state index contributed by atoms with van der Waals surface area (Å²) in [6.45, 7) is 8.78. The fourth-order valence-electron chi connectivity index (χ4n) is 3.28. The minimum atomic E-state index is -0.972. The molecule has 8 heteroatoms. The van der Waals surface area contributed by atoms with Crippen molar-refractivity contribution in [2.24, 2.45) is 0 Å². The molecule has 1 fully saturated rings. The van der Waals surface area contributed by atoms with Gasteiger partial charge < -0.3 is 14.7 Å². The third kappa shape index (κ3) is 4.89. The van der Waals surface area contributed by atoms with Gasteiger partial charge in [0.25, 0.3) is 0 Å². The Bertz CT molecular complexity index is 776. The van der Waals surface area contributed by atoms with Crippen molar-refractivity contribution >= 4 is 17.6 Å². The Labute approximate surface area is 165 Å². The van der Waals surface area contributed by atoms with E-state index < -0.39 is 6.09 Å². The number of aryl methyl sites for hydroxylation is 1. The zero-order valence-electron chi connectivity index (χ0n) is 16.4. The lowest BCUT2D eigenvalue weighted by molar-refractivity contribution is 0.198. The third-order valence-corrected chi connectivity index (χ3v) is 4.81. The normalized spacial score (nSPS) is 14.7. The van der Waals surface area contributed by atoms with E-state index in [1.807, 2.05) is 38.1 Å². The van der Waals surface area contributed by atoms with E-state index in [1.54, 1.807) is 12.1 Å². The number of ether oxygens (including phenoxy) is 1. The fraction of sp³-hybridized carbons (Fsp3) is 0.450. The molecule has 1 amide bonds. The topological polar surface area (TPSA) is 82.0 Å². The molecule has 0 spiro atoms. The smallest absolute Gasteiger partial charge is 0.411 e. The molecule has 0 unspecified atom stereocenters. The Hall–Kier alpha value is -2.87. The summed E-state index contributed by atoms with van der Waals surface area (Å²) in [5.74, 6) is 1.48. The Morgan fingerprint density at radius 2 is 1.89 bits per heavy atom. The first-order valence-corrected chi connectivity index (χ1v) is 9.58. The number of amides is 1. The van der Waals surface area contributed by atoms with Gasteiger partial charge in [-0.3, -0.25) is 9.80 Å². The number of hydrogen-bond donors (Lipinski definition) is 1. The van der Waals surface area contributed by atoms with Crippen molar-refractivity contribution < 1.29 is 14.6 Å². The number of hydrogen-bond acceptors (Lipinski definition) is 6. The van der Waals surface area contributed by atoms with Gasteiger partial charge in [-0.1, -0.05) is 12.1 Å². The summed E-state index contributed by atoms with van der Waals surface area (Å²) in [4.78, 5) is 17.7. The van der Waals surface area contributed by atoms with Crippen LogP contribution in [0.1, 0.15) is 12.6 Å². The van der Waals surface area contributed by atoms with E-state index in [0.717, 1.165) is 37.7 Å². The molecule has 2 heterocycles. The van der Waals surface area contributed by atoms with E-state index in [4.69, 9.17) is 4.74 Å². The summed E-state index contributed by atoms with van der Waals surface area (Å²) in [7, 11) is 0. The second-order valence-electron chi connectivity index (χ2n) is 6.70. The molecule has 0 bridgehead atoms. The average molecular weight is 385 g/mol. The minimum absolute atomic E-state index is 0.393. The number of rotatable bonds is 7. The first kappa shape index (κ1) is 19.9. The van der Waals surface area contributed by atoms with Crippen LogP contribution in [0.4, 0.5) is 16.3 Å². The molecular formula is C20H27N5O3. The lowest BCUT2D eigenvalue weighted by Crippen LogP contribution is -2.49. The van der Waals surface area contributed by atoms with Crippen LogP contribution in [0.5, 0.6) is 5.75 Å². The van der Waals surface area contributed by atoms with E-state index in [9.17, 15) is 9.90 Å². The molecule has 1 aromatic heterocycles. The summed E-state index contributed by atoms with van der Waals surface area (Å²) in [5.41, 5.74) is 1.49. The molecule has 8 nitrogen and oxygen atoms in total. The predicted octanol–water partition coefficient (Wildman–Crippen LogP) is 2.49. The maximum atomic E-state index is 11.8. The van der Waals surface area contributed by atoms with E-state index in [2.05, 4.69) is 20.0 Å². The molecule has 1 aromatic carbocycles. The number of carbonyl (C=O) groups is 1. The summed E-state index contributed by atoms with van der Waals surface area (Å²) < 4.78 is 5.59. The van der Waals surface area contributed by atoms with Gasteiger partial charge in [0, 0.05) is 39.3 Å². The van der Waals surface area contributed by atoms with Crippen molar-refractivity contribution in [2.45, 2.75) is 13.8 Å². The average Bonchev–Trinajstić information content (AvgIpc) is 2.70. The van der Waals surface area contributed by atoms with E-state index in [-0.39, 0.29) is 0 Å². The molecule has 1 saturated heterocycles.